The molecule has 0 aliphatic heterocycles. The van der Waals surface area contributed by atoms with Gasteiger partial charge in [0, 0.05) is 18.8 Å². The number of nitrogens with two attached hydrogens (primary N) is 1. The van der Waals surface area contributed by atoms with Crippen LogP contribution in [0.2, 0.25) is 0 Å². The number of aryl methyl sites for hydroxylation is 2. The third-order valence-corrected chi connectivity index (χ3v) is 2.80. The molecule has 0 fully saturated rings. The molecule has 0 saturated heterocycles. The van der Waals surface area contributed by atoms with Crippen molar-refractivity contribution in [1.29, 1.82) is 0 Å². The van der Waals surface area contributed by atoms with Crippen molar-refractivity contribution in [2.45, 2.75) is 12.8 Å². The number of H-pyrrole nitrogens is 2. The smallest absolute Gasteiger partial charge is 0.278 e. The van der Waals surface area contributed by atoms with Crippen molar-refractivity contribution in [3.63, 3.8) is 0 Å². The summed E-state index contributed by atoms with van der Waals surface area (Å²) in [4.78, 5) is 29.3. The summed E-state index contributed by atoms with van der Waals surface area (Å²) in [7, 11) is 0. The Bertz CT molecular complexity index is 761. The summed E-state index contributed by atoms with van der Waals surface area (Å²) in [5, 5.41) is 0. The van der Waals surface area contributed by atoms with E-state index in [1.54, 1.807) is 6.20 Å². The van der Waals surface area contributed by atoms with Gasteiger partial charge in [0.25, 0.3) is 5.56 Å². The highest BCUT2D eigenvalue weighted by Crippen LogP contribution is 2.08. The van der Waals surface area contributed by atoms with Crippen molar-refractivity contribution < 1.29 is 0 Å². The third-order valence-electron chi connectivity index (χ3n) is 2.80. The maximum atomic E-state index is 11.6. The summed E-state index contributed by atoms with van der Waals surface area (Å²) in [6.45, 7) is 0. The van der Waals surface area contributed by atoms with Crippen LogP contribution in [-0.4, -0.2) is 24.9 Å². The molecular formula is C12H12N6O. The minimum absolute atomic E-state index is 0.0720. The Morgan fingerprint density at radius 1 is 1.21 bits per heavy atom. The van der Waals surface area contributed by atoms with Crippen LogP contribution < -0.4 is 11.3 Å². The highest BCUT2D eigenvalue weighted by molar-refractivity contribution is 5.70. The zero-order valence-corrected chi connectivity index (χ0v) is 10.1. The number of anilines is 1. The highest BCUT2D eigenvalue weighted by atomic mass is 16.1. The number of nitrogens with zero attached hydrogens (tertiary/aromatic N) is 3. The summed E-state index contributed by atoms with van der Waals surface area (Å²) in [6.07, 6.45) is 5.02. The number of aromatic nitrogens is 5. The fraction of sp³-hybridized carbons (Fsp3) is 0.167. The summed E-state index contributed by atoms with van der Waals surface area (Å²) in [6, 6.07) is 3.89. The zero-order chi connectivity index (χ0) is 13.2. The van der Waals surface area contributed by atoms with Crippen LogP contribution in [0.25, 0.3) is 11.2 Å². The van der Waals surface area contributed by atoms with Crippen LogP contribution in [-0.2, 0) is 12.8 Å². The van der Waals surface area contributed by atoms with Crippen LogP contribution in [0.3, 0.4) is 0 Å². The van der Waals surface area contributed by atoms with Crippen molar-refractivity contribution >= 4 is 17.1 Å². The van der Waals surface area contributed by atoms with E-state index in [4.69, 9.17) is 5.73 Å². The predicted molar refractivity (Wildman–Crippen MR) is 70.6 cm³/mol. The Kier molecular flexibility index (Phi) is 2.71. The van der Waals surface area contributed by atoms with E-state index in [0.29, 0.717) is 23.4 Å². The third kappa shape index (κ3) is 2.30. The standard InChI is InChI=1S/C12H12N6O/c13-12-17-10-9(11(19)18-12)15-8(16-10)4-3-7-2-1-5-14-6-7/h1-2,5-6H,3-4H2,(H4,13,15,16,17,18,19). The molecule has 0 aromatic carbocycles. The number of hydrogen-bond donors (Lipinski definition) is 3. The molecule has 0 aliphatic carbocycles. The largest absolute Gasteiger partial charge is 0.369 e. The van der Waals surface area contributed by atoms with Gasteiger partial charge in [-0.25, -0.2) is 4.98 Å². The van der Waals surface area contributed by atoms with E-state index in [0.717, 1.165) is 12.0 Å². The molecule has 0 unspecified atom stereocenters. The molecule has 3 aromatic rings. The van der Waals surface area contributed by atoms with E-state index in [2.05, 4.69) is 24.9 Å². The van der Waals surface area contributed by atoms with Crippen molar-refractivity contribution in [2.24, 2.45) is 0 Å². The monoisotopic (exact) mass is 256 g/mol. The van der Waals surface area contributed by atoms with Gasteiger partial charge < -0.3 is 10.7 Å². The average molecular weight is 256 g/mol. The molecule has 3 heterocycles. The van der Waals surface area contributed by atoms with E-state index < -0.39 is 0 Å². The Hall–Kier alpha value is -2.70. The summed E-state index contributed by atoms with van der Waals surface area (Å²) >= 11 is 0. The molecular weight excluding hydrogens is 244 g/mol. The molecule has 7 heteroatoms. The lowest BCUT2D eigenvalue weighted by molar-refractivity contribution is 0.883. The molecule has 7 nitrogen and oxygen atoms in total. The lowest BCUT2D eigenvalue weighted by Crippen LogP contribution is -2.10. The van der Waals surface area contributed by atoms with Gasteiger partial charge >= 0.3 is 0 Å². The van der Waals surface area contributed by atoms with Crippen molar-refractivity contribution in [2.75, 3.05) is 5.73 Å². The van der Waals surface area contributed by atoms with Crippen LogP contribution in [0.5, 0.6) is 0 Å². The lowest BCUT2D eigenvalue weighted by Gasteiger charge is -1.97. The topological polar surface area (TPSA) is 113 Å². The Balaban J connectivity index is 1.86. The van der Waals surface area contributed by atoms with Crippen molar-refractivity contribution in [3.8, 4) is 0 Å². The normalized spacial score (nSPS) is 10.9. The molecule has 96 valence electrons. The molecule has 0 aliphatic rings. The van der Waals surface area contributed by atoms with Crippen LogP contribution in [0, 0.1) is 0 Å². The fourth-order valence-electron chi connectivity index (χ4n) is 1.90. The first-order valence-corrected chi connectivity index (χ1v) is 5.85. The van der Waals surface area contributed by atoms with E-state index in [1.165, 1.54) is 0 Å². The van der Waals surface area contributed by atoms with E-state index in [9.17, 15) is 4.79 Å². The zero-order valence-electron chi connectivity index (χ0n) is 10.1. The Morgan fingerprint density at radius 3 is 2.89 bits per heavy atom. The van der Waals surface area contributed by atoms with Gasteiger partial charge in [0.1, 0.15) is 5.82 Å². The lowest BCUT2D eigenvalue weighted by atomic mass is 10.1. The number of rotatable bonds is 3. The van der Waals surface area contributed by atoms with E-state index in [1.807, 2.05) is 18.3 Å². The first-order chi connectivity index (χ1) is 9.22. The van der Waals surface area contributed by atoms with Gasteiger partial charge in [0.2, 0.25) is 5.95 Å². The molecule has 0 atom stereocenters. The van der Waals surface area contributed by atoms with Gasteiger partial charge in [0.15, 0.2) is 11.2 Å². The second-order valence-electron chi connectivity index (χ2n) is 4.19. The van der Waals surface area contributed by atoms with Crippen LogP contribution in [0.1, 0.15) is 11.4 Å². The van der Waals surface area contributed by atoms with Gasteiger partial charge in [0.05, 0.1) is 0 Å². The van der Waals surface area contributed by atoms with Gasteiger partial charge in [-0.1, -0.05) is 6.07 Å². The number of hydrogen-bond acceptors (Lipinski definition) is 5. The summed E-state index contributed by atoms with van der Waals surface area (Å²) in [5.74, 6) is 0.783. The van der Waals surface area contributed by atoms with Gasteiger partial charge in [-0.15, -0.1) is 0 Å². The van der Waals surface area contributed by atoms with Crippen molar-refractivity contribution in [3.05, 3.63) is 46.3 Å². The minimum Gasteiger partial charge on any atom is -0.369 e. The number of pyridine rings is 1. The molecule has 0 bridgehead atoms. The number of fused-ring (bicyclic) bond motifs is 1. The van der Waals surface area contributed by atoms with E-state index in [-0.39, 0.29) is 11.5 Å². The molecule has 0 saturated carbocycles. The maximum Gasteiger partial charge on any atom is 0.278 e. The second-order valence-corrected chi connectivity index (χ2v) is 4.19. The SMILES string of the molecule is Nc1nc2nc(CCc3cccnc3)[nH]c2c(=O)[nH]1. The second kappa shape index (κ2) is 4.52. The van der Waals surface area contributed by atoms with Gasteiger partial charge in [-0.2, -0.15) is 4.98 Å². The van der Waals surface area contributed by atoms with Gasteiger partial charge in [-0.3, -0.25) is 14.8 Å². The molecule has 0 amide bonds. The number of imidazole rings is 1. The number of nitrogen functional groups attached to an aromatic ring is 1. The van der Waals surface area contributed by atoms with E-state index >= 15 is 0 Å². The first kappa shape index (κ1) is 11.4. The maximum absolute atomic E-state index is 11.6. The first-order valence-electron chi connectivity index (χ1n) is 5.85. The van der Waals surface area contributed by atoms with Crippen LogP contribution in [0.15, 0.2) is 29.3 Å². The number of aromatic amines is 2. The van der Waals surface area contributed by atoms with Gasteiger partial charge in [-0.05, 0) is 18.1 Å². The molecule has 19 heavy (non-hydrogen) atoms. The van der Waals surface area contributed by atoms with Crippen molar-refractivity contribution in [1.82, 2.24) is 24.9 Å². The Morgan fingerprint density at radius 2 is 2.11 bits per heavy atom. The molecule has 3 aromatic heterocycles. The summed E-state index contributed by atoms with van der Waals surface area (Å²) < 4.78 is 0. The summed E-state index contributed by atoms with van der Waals surface area (Å²) in [5.41, 5.74) is 6.99. The predicted octanol–water partition coefficient (Wildman–Crippen LogP) is 0.409. The molecule has 0 spiro atoms. The quantitative estimate of drug-likeness (QED) is 0.628. The highest BCUT2D eigenvalue weighted by Gasteiger charge is 2.08. The number of nitrogens with one attached hydrogen (secondary N) is 2. The molecule has 3 rings (SSSR count). The Labute approximate surface area is 107 Å². The fourth-order valence-corrected chi connectivity index (χ4v) is 1.90. The molecule has 0 radical (unpaired) electrons. The average Bonchev–Trinajstić information content (AvgIpc) is 2.81. The molecule has 4 N–H and O–H groups in total. The van der Waals surface area contributed by atoms with Crippen LogP contribution >= 0.6 is 0 Å². The van der Waals surface area contributed by atoms with Crippen LogP contribution in [0.4, 0.5) is 5.95 Å². The minimum atomic E-state index is -0.303.